The van der Waals surface area contributed by atoms with E-state index in [-0.39, 0.29) is 68.9 Å². The molecule has 0 nitrogen and oxygen atoms in total. The first-order valence-corrected chi connectivity index (χ1v) is 5.75. The van der Waals surface area contributed by atoms with E-state index < -0.39 is 18.9 Å². The Morgan fingerprint density at radius 2 is 1.25 bits per heavy atom. The third-order valence-electron chi connectivity index (χ3n) is 0. The largest absolute Gasteiger partial charge is 1.00 e. The summed E-state index contributed by atoms with van der Waals surface area (Å²) < 4.78 is 0. The Bertz CT molecular complexity index is 6.00. The minimum atomic E-state index is -0.466. The number of halogens is 3. The maximum Gasteiger partial charge on any atom is 1.00 e. The molecule has 0 rings (SSSR count). The van der Waals surface area contributed by atoms with Crippen molar-refractivity contribution in [3.63, 3.8) is 0 Å². The van der Waals surface area contributed by atoms with Gasteiger partial charge in [0.2, 0.25) is 0 Å². The van der Waals surface area contributed by atoms with Crippen LogP contribution in [0.3, 0.4) is 0 Å². The van der Waals surface area contributed by atoms with Crippen molar-refractivity contribution in [2.75, 3.05) is 0 Å². The summed E-state index contributed by atoms with van der Waals surface area (Å²) in [5, 5.41) is 0. The monoisotopic (exact) mass is 330 g/mol. The SMILES string of the molecule is Cl[I-]Cl.[Cs+]. The molecule has 0 unspecified atom stereocenters. The molecule has 0 aromatic heterocycles. The Hall–Kier alpha value is 3.36. The first-order valence-electron chi connectivity index (χ1n) is 0.286. The second-order valence-electron chi connectivity index (χ2n) is 0.0540. The molecule has 22 valence electrons. The quantitative estimate of drug-likeness (QED) is 0.392. The molecule has 0 heterocycles. The van der Waals surface area contributed by atoms with Crippen LogP contribution in [0.1, 0.15) is 0 Å². The topological polar surface area (TPSA) is 0 Å². The van der Waals surface area contributed by atoms with Gasteiger partial charge in [-0.1, -0.05) is 0 Å². The molecule has 0 amide bonds. The van der Waals surface area contributed by atoms with Crippen LogP contribution >= 0.6 is 17.8 Å². The third-order valence-corrected chi connectivity index (χ3v) is 0. The molecule has 4 heavy (non-hydrogen) atoms. The van der Waals surface area contributed by atoms with E-state index in [1.54, 1.807) is 0 Å². The molecule has 0 N–H and O–H groups in total. The summed E-state index contributed by atoms with van der Waals surface area (Å²) in [5.41, 5.74) is 0. The molecule has 0 aromatic carbocycles. The van der Waals surface area contributed by atoms with E-state index in [0.29, 0.717) is 0 Å². The van der Waals surface area contributed by atoms with Gasteiger partial charge in [-0.15, -0.1) is 0 Å². The van der Waals surface area contributed by atoms with E-state index in [9.17, 15) is 0 Å². The van der Waals surface area contributed by atoms with Gasteiger partial charge in [0.1, 0.15) is 0 Å². The standard InChI is InChI=1S/Cl2I.Cs/c1-3-2;/q-1;+1. The van der Waals surface area contributed by atoms with Crippen LogP contribution in [-0.4, -0.2) is 0 Å². The van der Waals surface area contributed by atoms with Gasteiger partial charge in [0.25, 0.3) is 0 Å². The van der Waals surface area contributed by atoms with Crippen molar-refractivity contribution < 1.29 is 87.8 Å². The Labute approximate surface area is 102 Å². The Kier molecular flexibility index (Phi) is 24.9. The zero-order valence-corrected chi connectivity index (χ0v) is 12.1. The van der Waals surface area contributed by atoms with Crippen LogP contribution < -0.4 is 87.8 Å². The second-order valence-corrected chi connectivity index (χ2v) is 3.26. The minimum Gasteiger partial charge on any atom is 1.00 e. The van der Waals surface area contributed by atoms with Crippen LogP contribution in [0.5, 0.6) is 0 Å². The van der Waals surface area contributed by atoms with Gasteiger partial charge < -0.3 is 0 Å². The van der Waals surface area contributed by atoms with Crippen LogP contribution in [0.25, 0.3) is 0 Å². The summed E-state index contributed by atoms with van der Waals surface area (Å²) in [7, 11) is 9.75. The molecule has 0 aliphatic rings. The van der Waals surface area contributed by atoms with E-state index in [4.69, 9.17) is 17.8 Å². The predicted octanol–water partition coefficient (Wildman–Crippen LogP) is -4.61. The van der Waals surface area contributed by atoms with Crippen LogP contribution in [0, 0.1) is 0 Å². The molecule has 0 bridgehead atoms. The van der Waals surface area contributed by atoms with Crippen LogP contribution in [0.15, 0.2) is 0 Å². The summed E-state index contributed by atoms with van der Waals surface area (Å²) >= 11 is -0.466. The first-order chi connectivity index (χ1) is 1.41. The minimum absolute atomic E-state index is 0. The second kappa shape index (κ2) is 9.61. The van der Waals surface area contributed by atoms with E-state index >= 15 is 0 Å². The van der Waals surface area contributed by atoms with Gasteiger partial charge in [-0.25, -0.2) is 0 Å². The molecule has 0 saturated heterocycles. The maximum absolute atomic E-state index is 4.87. The van der Waals surface area contributed by atoms with Gasteiger partial charge in [0.15, 0.2) is 0 Å². The normalized spacial score (nSPS) is 5.50. The van der Waals surface area contributed by atoms with Crippen LogP contribution in [-0.2, 0) is 0 Å². The molecule has 0 fully saturated rings. The van der Waals surface area contributed by atoms with Crippen molar-refractivity contribution in [3.05, 3.63) is 0 Å². The summed E-state index contributed by atoms with van der Waals surface area (Å²) in [4.78, 5) is 0. The fraction of sp³-hybridized carbons (Fsp3) is 0. The maximum atomic E-state index is 4.87. The Balaban J connectivity index is 0. The molecular weight excluding hydrogens is 331 g/mol. The van der Waals surface area contributed by atoms with Gasteiger partial charge in [-0.2, -0.15) is 0 Å². The van der Waals surface area contributed by atoms with Crippen molar-refractivity contribution in [1.29, 1.82) is 0 Å². The number of hydrogen-bond donors (Lipinski definition) is 0. The van der Waals surface area contributed by atoms with Crippen molar-refractivity contribution in [2.24, 2.45) is 0 Å². The Morgan fingerprint density at radius 1 is 1.25 bits per heavy atom. The average Bonchev–Trinajstić information content (AvgIpc) is 0.918. The summed E-state index contributed by atoms with van der Waals surface area (Å²) in [6.45, 7) is 0. The van der Waals surface area contributed by atoms with E-state index in [1.807, 2.05) is 0 Å². The smallest absolute Gasteiger partial charge is 1.00 e. The molecule has 0 aliphatic heterocycles. The molecule has 4 heteroatoms. The zero-order chi connectivity index (χ0) is 2.71. The van der Waals surface area contributed by atoms with Gasteiger partial charge in [-0.3, -0.25) is 0 Å². The zero-order valence-electron chi connectivity index (χ0n) is 2.13. The van der Waals surface area contributed by atoms with Crippen molar-refractivity contribution in [2.45, 2.75) is 0 Å². The van der Waals surface area contributed by atoms with Crippen LogP contribution in [0.4, 0.5) is 0 Å². The fourth-order valence-corrected chi connectivity index (χ4v) is 0. The fourth-order valence-electron chi connectivity index (χ4n) is 0. The Morgan fingerprint density at radius 3 is 1.25 bits per heavy atom. The molecule has 0 aliphatic carbocycles. The summed E-state index contributed by atoms with van der Waals surface area (Å²) in [6, 6.07) is 0. The third kappa shape index (κ3) is 9.03. The van der Waals surface area contributed by atoms with Gasteiger partial charge in [0, 0.05) is 0 Å². The molecule has 0 saturated carbocycles. The molecule has 0 spiro atoms. The summed E-state index contributed by atoms with van der Waals surface area (Å²) in [6.07, 6.45) is 0. The van der Waals surface area contributed by atoms with Gasteiger partial charge in [0.05, 0.1) is 0 Å². The van der Waals surface area contributed by atoms with Crippen molar-refractivity contribution >= 4 is 17.8 Å². The van der Waals surface area contributed by atoms with Crippen molar-refractivity contribution in [3.8, 4) is 0 Å². The van der Waals surface area contributed by atoms with E-state index in [0.717, 1.165) is 0 Å². The van der Waals surface area contributed by atoms with Crippen LogP contribution in [0.2, 0.25) is 0 Å². The molecule has 0 aromatic rings. The molecule has 0 radical (unpaired) electrons. The van der Waals surface area contributed by atoms with E-state index in [2.05, 4.69) is 0 Å². The first kappa shape index (κ1) is 10.4. The molecule has 0 atom stereocenters. The number of rotatable bonds is 0. The molecular formula is Cl2CsI. The van der Waals surface area contributed by atoms with Crippen molar-refractivity contribution in [1.82, 2.24) is 0 Å². The predicted molar refractivity (Wildman–Crippen MR) is 11.7 cm³/mol. The summed E-state index contributed by atoms with van der Waals surface area (Å²) in [5.74, 6) is 0. The van der Waals surface area contributed by atoms with Gasteiger partial charge in [-0.05, 0) is 0 Å². The van der Waals surface area contributed by atoms with E-state index in [1.165, 1.54) is 0 Å². The average molecular weight is 331 g/mol. The van der Waals surface area contributed by atoms with Gasteiger partial charge >= 0.3 is 106 Å². The number of hydrogen-bond acceptors (Lipinski definition) is 0.